The monoisotopic (exact) mass is 399 g/mol. The zero-order valence-corrected chi connectivity index (χ0v) is 16.6. The molecule has 1 aromatic carbocycles. The van der Waals surface area contributed by atoms with Crippen LogP contribution < -0.4 is 10.1 Å². The van der Waals surface area contributed by atoms with Crippen LogP contribution in [0.25, 0.3) is 0 Å². The molecule has 0 saturated carbocycles. The maximum atomic E-state index is 12.8. The lowest BCUT2D eigenvalue weighted by Crippen LogP contribution is -2.50. The SMILES string of the molecule is CCOC(=O)N1CCN(C(=O)c2ccnc(NCc3ccc(OC)cc3)n2)CC1. The van der Waals surface area contributed by atoms with E-state index in [1.807, 2.05) is 24.3 Å². The number of nitrogens with one attached hydrogen (secondary N) is 1. The minimum Gasteiger partial charge on any atom is -0.497 e. The molecule has 0 bridgehead atoms. The van der Waals surface area contributed by atoms with Crippen LogP contribution >= 0.6 is 0 Å². The summed E-state index contributed by atoms with van der Waals surface area (Å²) in [6.45, 7) is 4.40. The summed E-state index contributed by atoms with van der Waals surface area (Å²) in [5.74, 6) is 1.00. The molecule has 2 amide bonds. The topological polar surface area (TPSA) is 96.9 Å². The fourth-order valence-electron chi connectivity index (χ4n) is 2.96. The van der Waals surface area contributed by atoms with Gasteiger partial charge < -0.3 is 24.6 Å². The maximum absolute atomic E-state index is 12.8. The van der Waals surface area contributed by atoms with E-state index >= 15 is 0 Å². The van der Waals surface area contributed by atoms with E-state index in [-0.39, 0.29) is 12.0 Å². The first-order chi connectivity index (χ1) is 14.1. The fraction of sp³-hybridized carbons (Fsp3) is 0.400. The fourth-order valence-corrected chi connectivity index (χ4v) is 2.96. The van der Waals surface area contributed by atoms with Gasteiger partial charge in [-0.15, -0.1) is 0 Å². The number of hydrogen-bond acceptors (Lipinski definition) is 7. The van der Waals surface area contributed by atoms with Gasteiger partial charge in [-0.2, -0.15) is 0 Å². The van der Waals surface area contributed by atoms with Crippen molar-refractivity contribution in [2.45, 2.75) is 13.5 Å². The molecule has 0 unspecified atom stereocenters. The molecular formula is C20H25N5O4. The van der Waals surface area contributed by atoms with Gasteiger partial charge in [-0.05, 0) is 30.7 Å². The average molecular weight is 399 g/mol. The number of carbonyl (C=O) groups is 2. The van der Waals surface area contributed by atoms with Gasteiger partial charge in [0.25, 0.3) is 5.91 Å². The zero-order chi connectivity index (χ0) is 20.6. The molecule has 0 atom stereocenters. The lowest BCUT2D eigenvalue weighted by molar-refractivity contribution is 0.0566. The lowest BCUT2D eigenvalue weighted by Gasteiger charge is -2.33. The Kier molecular flexibility index (Phi) is 6.83. The van der Waals surface area contributed by atoms with Crippen molar-refractivity contribution in [1.82, 2.24) is 19.8 Å². The number of aromatic nitrogens is 2. The van der Waals surface area contributed by atoms with Crippen LogP contribution in [0.15, 0.2) is 36.5 Å². The minimum absolute atomic E-state index is 0.177. The number of nitrogens with zero attached hydrogens (tertiary/aromatic N) is 4. The second-order valence-corrected chi connectivity index (χ2v) is 6.45. The van der Waals surface area contributed by atoms with Crippen LogP contribution in [0.5, 0.6) is 5.75 Å². The van der Waals surface area contributed by atoms with Gasteiger partial charge in [0.2, 0.25) is 5.95 Å². The van der Waals surface area contributed by atoms with E-state index in [1.165, 1.54) is 0 Å². The van der Waals surface area contributed by atoms with Crippen LogP contribution in [0.1, 0.15) is 23.0 Å². The quantitative estimate of drug-likeness (QED) is 0.794. The van der Waals surface area contributed by atoms with Crippen molar-refractivity contribution in [3.8, 4) is 5.75 Å². The molecule has 1 saturated heterocycles. The van der Waals surface area contributed by atoms with E-state index in [9.17, 15) is 9.59 Å². The van der Waals surface area contributed by atoms with Gasteiger partial charge in [0.05, 0.1) is 13.7 Å². The molecule has 2 aromatic rings. The minimum atomic E-state index is -0.341. The van der Waals surface area contributed by atoms with Gasteiger partial charge in [-0.1, -0.05) is 12.1 Å². The Morgan fingerprint density at radius 3 is 2.41 bits per heavy atom. The van der Waals surface area contributed by atoms with Crippen molar-refractivity contribution >= 4 is 17.9 Å². The van der Waals surface area contributed by atoms with E-state index in [0.717, 1.165) is 11.3 Å². The van der Waals surface area contributed by atoms with Gasteiger partial charge in [0, 0.05) is 38.9 Å². The summed E-state index contributed by atoms with van der Waals surface area (Å²) in [7, 11) is 1.63. The molecule has 1 fully saturated rings. The van der Waals surface area contributed by atoms with Gasteiger partial charge >= 0.3 is 6.09 Å². The molecule has 1 aromatic heterocycles. The molecule has 1 N–H and O–H groups in total. The van der Waals surface area contributed by atoms with Gasteiger partial charge in [0.15, 0.2) is 0 Å². The summed E-state index contributed by atoms with van der Waals surface area (Å²) in [6, 6.07) is 9.26. The highest BCUT2D eigenvalue weighted by Crippen LogP contribution is 2.13. The largest absolute Gasteiger partial charge is 0.497 e. The highest BCUT2D eigenvalue weighted by molar-refractivity contribution is 5.92. The van der Waals surface area contributed by atoms with Crippen molar-refractivity contribution in [2.75, 3.05) is 45.2 Å². The van der Waals surface area contributed by atoms with Crippen LogP contribution in [0.3, 0.4) is 0 Å². The van der Waals surface area contributed by atoms with Crippen molar-refractivity contribution < 1.29 is 19.1 Å². The molecule has 9 nitrogen and oxygen atoms in total. The molecule has 3 rings (SSSR count). The second-order valence-electron chi connectivity index (χ2n) is 6.45. The second kappa shape index (κ2) is 9.72. The number of piperazine rings is 1. The Balaban J connectivity index is 1.56. The highest BCUT2D eigenvalue weighted by Gasteiger charge is 2.26. The first-order valence-corrected chi connectivity index (χ1v) is 9.51. The summed E-state index contributed by atoms with van der Waals surface area (Å²) in [4.78, 5) is 36.3. The summed E-state index contributed by atoms with van der Waals surface area (Å²) in [5, 5.41) is 3.13. The summed E-state index contributed by atoms with van der Waals surface area (Å²) in [5.41, 5.74) is 1.36. The third kappa shape index (κ3) is 5.34. The van der Waals surface area contributed by atoms with Crippen molar-refractivity contribution in [1.29, 1.82) is 0 Å². The number of benzene rings is 1. The smallest absolute Gasteiger partial charge is 0.409 e. The molecule has 1 aliphatic rings. The maximum Gasteiger partial charge on any atom is 0.409 e. The summed E-state index contributed by atoms with van der Waals surface area (Å²) < 4.78 is 10.1. The van der Waals surface area contributed by atoms with E-state index in [0.29, 0.717) is 51.0 Å². The predicted octanol–water partition coefficient (Wildman–Crippen LogP) is 2.01. The number of carbonyl (C=O) groups excluding carboxylic acids is 2. The summed E-state index contributed by atoms with van der Waals surface area (Å²) >= 11 is 0. The van der Waals surface area contributed by atoms with Crippen LogP contribution in [0.4, 0.5) is 10.7 Å². The number of anilines is 1. The Morgan fingerprint density at radius 2 is 1.76 bits per heavy atom. The number of hydrogen-bond donors (Lipinski definition) is 1. The summed E-state index contributed by atoms with van der Waals surface area (Å²) in [6.07, 6.45) is 1.22. The molecule has 9 heteroatoms. The normalized spacial score (nSPS) is 13.7. The Hall–Kier alpha value is -3.36. The van der Waals surface area contributed by atoms with Crippen LogP contribution in [-0.2, 0) is 11.3 Å². The van der Waals surface area contributed by atoms with Gasteiger partial charge in [-0.25, -0.2) is 14.8 Å². The average Bonchev–Trinajstić information content (AvgIpc) is 2.78. The molecule has 0 aliphatic carbocycles. The standard InChI is InChI=1S/C20H25N5O4/c1-3-29-20(27)25-12-10-24(11-13-25)18(26)17-8-9-21-19(23-17)22-14-15-4-6-16(28-2)7-5-15/h4-9H,3,10-14H2,1-2H3,(H,21,22,23). The van der Waals surface area contributed by atoms with Crippen molar-refractivity contribution in [2.24, 2.45) is 0 Å². The van der Waals surface area contributed by atoms with E-state index < -0.39 is 0 Å². The number of ether oxygens (including phenoxy) is 2. The molecule has 29 heavy (non-hydrogen) atoms. The molecule has 1 aliphatic heterocycles. The van der Waals surface area contributed by atoms with Gasteiger partial charge in [-0.3, -0.25) is 4.79 Å². The molecular weight excluding hydrogens is 374 g/mol. The number of amides is 2. The van der Waals surface area contributed by atoms with Crippen LogP contribution in [0.2, 0.25) is 0 Å². The molecule has 0 radical (unpaired) electrons. The zero-order valence-electron chi connectivity index (χ0n) is 16.6. The first-order valence-electron chi connectivity index (χ1n) is 9.51. The Bertz CT molecular complexity index is 835. The van der Waals surface area contributed by atoms with E-state index in [4.69, 9.17) is 9.47 Å². The Morgan fingerprint density at radius 1 is 1.07 bits per heavy atom. The van der Waals surface area contributed by atoms with Crippen molar-refractivity contribution in [3.05, 3.63) is 47.8 Å². The van der Waals surface area contributed by atoms with Crippen molar-refractivity contribution in [3.63, 3.8) is 0 Å². The first kappa shape index (κ1) is 20.4. The van der Waals surface area contributed by atoms with E-state index in [2.05, 4.69) is 15.3 Å². The predicted molar refractivity (Wildman–Crippen MR) is 107 cm³/mol. The molecule has 154 valence electrons. The molecule has 2 heterocycles. The van der Waals surface area contributed by atoms with Crippen LogP contribution in [-0.4, -0.2) is 71.7 Å². The third-order valence-electron chi connectivity index (χ3n) is 4.58. The van der Waals surface area contributed by atoms with Gasteiger partial charge in [0.1, 0.15) is 11.4 Å². The number of methoxy groups -OCH3 is 1. The van der Waals surface area contributed by atoms with E-state index in [1.54, 1.807) is 36.1 Å². The number of rotatable bonds is 6. The molecule has 0 spiro atoms. The Labute approximate surface area is 169 Å². The highest BCUT2D eigenvalue weighted by atomic mass is 16.6. The van der Waals surface area contributed by atoms with Crippen LogP contribution in [0, 0.1) is 0 Å². The lowest BCUT2D eigenvalue weighted by atomic mass is 10.2. The third-order valence-corrected chi connectivity index (χ3v) is 4.58.